The first kappa shape index (κ1) is 10.7. The summed E-state index contributed by atoms with van der Waals surface area (Å²) in [6.07, 6.45) is 1.59. The molecule has 0 aliphatic carbocycles. The lowest BCUT2D eigenvalue weighted by Crippen LogP contribution is -1.94. The lowest BCUT2D eigenvalue weighted by atomic mass is 10.0. The second kappa shape index (κ2) is 4.45. The van der Waals surface area contributed by atoms with Crippen molar-refractivity contribution in [1.29, 1.82) is 0 Å². The van der Waals surface area contributed by atoms with Crippen molar-refractivity contribution in [3.8, 4) is 11.1 Å². The van der Waals surface area contributed by atoms with Gasteiger partial charge < -0.3 is 5.32 Å². The maximum absolute atomic E-state index is 4.32. The van der Waals surface area contributed by atoms with Gasteiger partial charge in [-0.05, 0) is 23.3 Å². The summed E-state index contributed by atoms with van der Waals surface area (Å²) in [5.74, 6) is 0.861. The molecule has 0 unspecified atom stereocenters. The Kier molecular flexibility index (Phi) is 2.65. The molecule has 0 saturated heterocycles. The maximum atomic E-state index is 4.32. The number of nitrogens with one attached hydrogen (secondary N) is 1. The molecular formula is C15H13N3. The molecule has 3 heteroatoms. The average Bonchev–Trinajstić information content (AvgIpc) is 2.47. The summed E-state index contributed by atoms with van der Waals surface area (Å²) in [7, 11) is 1.87. The van der Waals surface area contributed by atoms with E-state index in [0.29, 0.717) is 0 Å². The Morgan fingerprint density at radius 3 is 2.50 bits per heavy atom. The average molecular weight is 235 g/mol. The maximum Gasteiger partial charge on any atom is 0.137 e. The fraction of sp³-hybridized carbons (Fsp3) is 0.0667. The molecule has 3 aromatic rings. The summed E-state index contributed by atoms with van der Waals surface area (Å²) in [6, 6.07) is 16.5. The van der Waals surface area contributed by atoms with Crippen molar-refractivity contribution < 1.29 is 0 Å². The van der Waals surface area contributed by atoms with Crippen molar-refractivity contribution in [3.05, 3.63) is 54.9 Å². The molecule has 18 heavy (non-hydrogen) atoms. The normalized spacial score (nSPS) is 10.5. The molecule has 0 spiro atoms. The van der Waals surface area contributed by atoms with Gasteiger partial charge in [0.25, 0.3) is 0 Å². The Labute approximate surface area is 106 Å². The van der Waals surface area contributed by atoms with Crippen LogP contribution >= 0.6 is 0 Å². The molecule has 2 aromatic carbocycles. The van der Waals surface area contributed by atoms with Crippen LogP contribution in [0.15, 0.2) is 54.9 Å². The highest BCUT2D eigenvalue weighted by Gasteiger charge is 2.03. The third-order valence-electron chi connectivity index (χ3n) is 2.98. The fourth-order valence-electron chi connectivity index (χ4n) is 2.07. The van der Waals surface area contributed by atoms with E-state index in [-0.39, 0.29) is 0 Å². The van der Waals surface area contributed by atoms with E-state index in [1.807, 2.05) is 25.2 Å². The molecule has 0 saturated carbocycles. The monoisotopic (exact) mass is 235 g/mol. The quantitative estimate of drug-likeness (QED) is 0.740. The minimum Gasteiger partial charge on any atom is -0.373 e. The van der Waals surface area contributed by atoms with E-state index < -0.39 is 0 Å². The molecule has 0 fully saturated rings. The van der Waals surface area contributed by atoms with Gasteiger partial charge in [-0.3, -0.25) is 0 Å². The molecule has 0 aliphatic heterocycles. The van der Waals surface area contributed by atoms with Gasteiger partial charge in [-0.1, -0.05) is 36.4 Å². The van der Waals surface area contributed by atoms with Gasteiger partial charge in [0, 0.05) is 12.4 Å². The van der Waals surface area contributed by atoms with Crippen LogP contribution in [0.2, 0.25) is 0 Å². The lowest BCUT2D eigenvalue weighted by Gasteiger charge is -2.06. The number of fused-ring (bicyclic) bond motifs is 1. The van der Waals surface area contributed by atoms with Gasteiger partial charge in [0.05, 0.1) is 5.52 Å². The molecule has 1 heterocycles. The Morgan fingerprint density at radius 2 is 1.72 bits per heavy atom. The van der Waals surface area contributed by atoms with Crippen LogP contribution in [0.4, 0.5) is 5.82 Å². The molecule has 3 nitrogen and oxygen atoms in total. The summed E-state index contributed by atoms with van der Waals surface area (Å²) in [5.41, 5.74) is 3.32. The van der Waals surface area contributed by atoms with E-state index in [9.17, 15) is 0 Å². The van der Waals surface area contributed by atoms with Gasteiger partial charge in [-0.25, -0.2) is 9.97 Å². The lowest BCUT2D eigenvalue weighted by molar-refractivity contribution is 1.21. The Morgan fingerprint density at radius 1 is 0.889 bits per heavy atom. The Hall–Kier alpha value is -2.42. The van der Waals surface area contributed by atoms with Crippen LogP contribution in [0.3, 0.4) is 0 Å². The standard InChI is InChI=1S/C15H13N3/c1-16-15-13-8-7-12(9-14(13)17-10-18-15)11-5-3-2-4-6-11/h2-10H,1H3,(H,16,17,18). The summed E-state index contributed by atoms with van der Waals surface area (Å²) in [6.45, 7) is 0. The number of rotatable bonds is 2. The van der Waals surface area contributed by atoms with Crippen molar-refractivity contribution in [3.63, 3.8) is 0 Å². The zero-order valence-electron chi connectivity index (χ0n) is 10.1. The summed E-state index contributed by atoms with van der Waals surface area (Å²) in [5, 5.41) is 4.12. The summed E-state index contributed by atoms with van der Waals surface area (Å²) < 4.78 is 0. The van der Waals surface area contributed by atoms with Crippen molar-refractivity contribution in [2.75, 3.05) is 12.4 Å². The number of aromatic nitrogens is 2. The van der Waals surface area contributed by atoms with E-state index in [1.165, 1.54) is 11.1 Å². The second-order valence-corrected chi connectivity index (χ2v) is 4.07. The highest BCUT2D eigenvalue weighted by atomic mass is 15.0. The number of hydrogen-bond donors (Lipinski definition) is 1. The highest BCUT2D eigenvalue weighted by molar-refractivity contribution is 5.91. The molecule has 0 bridgehead atoms. The zero-order chi connectivity index (χ0) is 12.4. The topological polar surface area (TPSA) is 37.8 Å². The van der Waals surface area contributed by atoms with E-state index in [1.54, 1.807) is 6.33 Å². The van der Waals surface area contributed by atoms with Gasteiger partial charge in [-0.2, -0.15) is 0 Å². The molecule has 0 atom stereocenters. The van der Waals surface area contributed by atoms with Crippen molar-refractivity contribution in [1.82, 2.24) is 9.97 Å². The second-order valence-electron chi connectivity index (χ2n) is 4.07. The molecule has 88 valence electrons. The van der Waals surface area contributed by atoms with Gasteiger partial charge in [0.2, 0.25) is 0 Å². The fourth-order valence-corrected chi connectivity index (χ4v) is 2.07. The van der Waals surface area contributed by atoms with Crippen LogP contribution in [-0.4, -0.2) is 17.0 Å². The third kappa shape index (κ3) is 1.80. The van der Waals surface area contributed by atoms with Crippen LogP contribution in [0.25, 0.3) is 22.0 Å². The first-order valence-electron chi connectivity index (χ1n) is 5.86. The predicted octanol–water partition coefficient (Wildman–Crippen LogP) is 3.34. The SMILES string of the molecule is CNc1ncnc2cc(-c3ccccc3)ccc12. The van der Waals surface area contributed by atoms with E-state index >= 15 is 0 Å². The van der Waals surface area contributed by atoms with E-state index in [0.717, 1.165) is 16.7 Å². The first-order chi connectivity index (χ1) is 8.88. The summed E-state index contributed by atoms with van der Waals surface area (Å²) >= 11 is 0. The van der Waals surface area contributed by atoms with Crippen molar-refractivity contribution >= 4 is 16.7 Å². The van der Waals surface area contributed by atoms with Gasteiger partial charge in [0.15, 0.2) is 0 Å². The van der Waals surface area contributed by atoms with Crippen LogP contribution < -0.4 is 5.32 Å². The number of nitrogens with zero attached hydrogens (tertiary/aromatic N) is 2. The number of anilines is 1. The largest absolute Gasteiger partial charge is 0.373 e. The van der Waals surface area contributed by atoms with Crippen molar-refractivity contribution in [2.24, 2.45) is 0 Å². The number of benzene rings is 2. The molecule has 1 aromatic heterocycles. The Balaban J connectivity index is 2.18. The molecule has 1 N–H and O–H groups in total. The zero-order valence-corrected chi connectivity index (χ0v) is 10.1. The highest BCUT2D eigenvalue weighted by Crippen LogP contribution is 2.25. The molecule has 0 radical (unpaired) electrons. The van der Waals surface area contributed by atoms with Gasteiger partial charge in [0.1, 0.15) is 12.1 Å². The molecule has 0 amide bonds. The Bertz CT molecular complexity index is 678. The smallest absolute Gasteiger partial charge is 0.137 e. The van der Waals surface area contributed by atoms with Crippen LogP contribution in [0.1, 0.15) is 0 Å². The first-order valence-corrected chi connectivity index (χ1v) is 5.86. The minimum absolute atomic E-state index is 0.861. The third-order valence-corrected chi connectivity index (χ3v) is 2.98. The van der Waals surface area contributed by atoms with E-state index in [2.05, 4.69) is 45.6 Å². The molecular weight excluding hydrogens is 222 g/mol. The van der Waals surface area contributed by atoms with Gasteiger partial charge in [-0.15, -0.1) is 0 Å². The van der Waals surface area contributed by atoms with Crippen LogP contribution in [0.5, 0.6) is 0 Å². The number of hydrogen-bond acceptors (Lipinski definition) is 3. The molecule has 3 rings (SSSR count). The van der Waals surface area contributed by atoms with Crippen molar-refractivity contribution in [2.45, 2.75) is 0 Å². The predicted molar refractivity (Wildman–Crippen MR) is 74.5 cm³/mol. The van der Waals surface area contributed by atoms with E-state index in [4.69, 9.17) is 0 Å². The minimum atomic E-state index is 0.861. The van der Waals surface area contributed by atoms with Crippen LogP contribution in [0, 0.1) is 0 Å². The molecule has 0 aliphatic rings. The summed E-state index contributed by atoms with van der Waals surface area (Å²) in [4.78, 5) is 8.53. The van der Waals surface area contributed by atoms with Gasteiger partial charge >= 0.3 is 0 Å². The van der Waals surface area contributed by atoms with Crippen LogP contribution in [-0.2, 0) is 0 Å².